The smallest absolute Gasteiger partial charge is 0.0991 e. The maximum Gasteiger partial charge on any atom is 0.0991 e. The van der Waals surface area contributed by atoms with Crippen molar-refractivity contribution in [2.75, 3.05) is 19.7 Å². The Bertz CT molecular complexity index is 255. The molecule has 1 rings (SSSR count). The minimum Gasteiger partial charge on any atom is -0.395 e. The fourth-order valence-electron chi connectivity index (χ4n) is 2.88. The molecule has 0 aliphatic carbocycles. The minimum atomic E-state index is -0.958. The van der Waals surface area contributed by atoms with Crippen LogP contribution in [-0.2, 0) is 0 Å². The maximum atomic E-state index is 9.94. The van der Waals surface area contributed by atoms with E-state index < -0.39 is 17.6 Å². The van der Waals surface area contributed by atoms with Crippen molar-refractivity contribution in [3.8, 4) is 0 Å². The van der Waals surface area contributed by atoms with Crippen LogP contribution in [-0.4, -0.2) is 63.5 Å². The molecule has 20 heavy (non-hydrogen) atoms. The molecule has 1 fully saturated rings. The Morgan fingerprint density at radius 1 is 1.00 bits per heavy atom. The Hall–Kier alpha value is 0.130. The summed E-state index contributed by atoms with van der Waals surface area (Å²) in [6.07, 6.45) is 6.75. The lowest BCUT2D eigenvalue weighted by Gasteiger charge is -2.43. The van der Waals surface area contributed by atoms with Crippen molar-refractivity contribution >= 4 is 11.6 Å². The van der Waals surface area contributed by atoms with Gasteiger partial charge in [0.05, 0.1) is 30.2 Å². The van der Waals surface area contributed by atoms with Crippen molar-refractivity contribution in [3.05, 3.63) is 0 Å². The molecule has 1 aliphatic rings. The number of hydrogen-bond donors (Lipinski definition) is 3. The van der Waals surface area contributed by atoms with Crippen LogP contribution in [0.5, 0.6) is 0 Å². The van der Waals surface area contributed by atoms with E-state index >= 15 is 0 Å². The second kappa shape index (κ2) is 9.96. The molecule has 4 atom stereocenters. The summed E-state index contributed by atoms with van der Waals surface area (Å²) in [6.45, 7) is 3.43. The number of unbranched alkanes of at least 4 members (excludes halogenated alkanes) is 6. The standard InChI is InChI=1S/C15H30ClNO3/c1-2-3-4-5-6-7-8-9-17-10-12(16)14(19)15(20)13(17)11-18/h12-15,18-20H,2-11H2,1H3/t12-,13?,14+,15+/m0/s1. The molecule has 1 saturated heterocycles. The molecule has 0 bridgehead atoms. The van der Waals surface area contributed by atoms with E-state index in [4.69, 9.17) is 11.6 Å². The molecule has 120 valence electrons. The number of piperidine rings is 1. The average Bonchev–Trinajstić information content (AvgIpc) is 2.44. The highest BCUT2D eigenvalue weighted by Crippen LogP contribution is 2.23. The summed E-state index contributed by atoms with van der Waals surface area (Å²) in [7, 11) is 0. The van der Waals surface area contributed by atoms with Gasteiger partial charge in [-0.1, -0.05) is 45.4 Å². The first-order valence-corrected chi connectivity index (χ1v) is 8.40. The first kappa shape index (κ1) is 18.2. The van der Waals surface area contributed by atoms with Gasteiger partial charge in [0.1, 0.15) is 0 Å². The molecule has 0 saturated carbocycles. The summed E-state index contributed by atoms with van der Waals surface area (Å²) >= 11 is 6.04. The Morgan fingerprint density at radius 2 is 1.60 bits per heavy atom. The fraction of sp³-hybridized carbons (Fsp3) is 1.00. The van der Waals surface area contributed by atoms with Crippen LogP contribution in [0, 0.1) is 0 Å². The zero-order valence-corrected chi connectivity index (χ0v) is 13.3. The number of alkyl halides is 1. The van der Waals surface area contributed by atoms with Crippen LogP contribution in [0.2, 0.25) is 0 Å². The minimum absolute atomic E-state index is 0.141. The van der Waals surface area contributed by atoms with E-state index in [0.29, 0.717) is 6.54 Å². The van der Waals surface area contributed by atoms with Crippen molar-refractivity contribution in [3.63, 3.8) is 0 Å². The second-order valence-corrected chi connectivity index (χ2v) is 6.42. The summed E-state index contributed by atoms with van der Waals surface area (Å²) in [5.74, 6) is 0. The van der Waals surface area contributed by atoms with Gasteiger partial charge in [-0.2, -0.15) is 0 Å². The van der Waals surface area contributed by atoms with Gasteiger partial charge in [-0.05, 0) is 13.0 Å². The van der Waals surface area contributed by atoms with Crippen molar-refractivity contribution < 1.29 is 15.3 Å². The van der Waals surface area contributed by atoms with E-state index in [1.165, 1.54) is 38.5 Å². The average molecular weight is 308 g/mol. The molecule has 1 unspecified atom stereocenters. The van der Waals surface area contributed by atoms with Gasteiger partial charge in [0, 0.05) is 6.54 Å². The van der Waals surface area contributed by atoms with Gasteiger partial charge in [-0.15, -0.1) is 11.6 Å². The number of hydrogen-bond acceptors (Lipinski definition) is 4. The molecule has 0 aromatic heterocycles. The van der Waals surface area contributed by atoms with Crippen LogP contribution in [0.25, 0.3) is 0 Å². The van der Waals surface area contributed by atoms with Crippen molar-refractivity contribution in [2.45, 2.75) is 75.5 Å². The quantitative estimate of drug-likeness (QED) is 0.448. The predicted octanol–water partition coefficient (Wildman–Crippen LogP) is 1.74. The summed E-state index contributed by atoms with van der Waals surface area (Å²) in [4.78, 5) is 2.01. The number of aliphatic hydroxyl groups is 3. The normalized spacial score (nSPS) is 31.6. The van der Waals surface area contributed by atoms with Gasteiger partial charge in [-0.3, -0.25) is 4.90 Å². The molecule has 0 amide bonds. The van der Waals surface area contributed by atoms with Crippen LogP contribution in [0.4, 0.5) is 0 Å². The Balaban J connectivity index is 2.24. The molecule has 1 heterocycles. The molecular weight excluding hydrogens is 278 g/mol. The summed E-state index contributed by atoms with van der Waals surface area (Å²) in [5.41, 5.74) is 0. The molecule has 0 aromatic carbocycles. The summed E-state index contributed by atoms with van der Waals surface area (Å²) in [6, 6.07) is -0.389. The predicted molar refractivity (Wildman–Crippen MR) is 82.1 cm³/mol. The Kier molecular flexibility index (Phi) is 9.05. The SMILES string of the molecule is CCCCCCCCCN1C[C@H](Cl)[C@@H](O)[C@H](O)C1CO. The first-order chi connectivity index (χ1) is 9.61. The van der Waals surface area contributed by atoms with Crippen LogP contribution < -0.4 is 0 Å². The highest BCUT2D eigenvalue weighted by molar-refractivity contribution is 6.21. The second-order valence-electron chi connectivity index (χ2n) is 5.86. The largest absolute Gasteiger partial charge is 0.395 e. The Morgan fingerprint density at radius 3 is 2.20 bits per heavy atom. The zero-order valence-electron chi connectivity index (χ0n) is 12.5. The number of rotatable bonds is 9. The number of likely N-dealkylation sites (tertiary alicyclic amines) is 1. The zero-order chi connectivity index (χ0) is 15.0. The van der Waals surface area contributed by atoms with E-state index in [0.717, 1.165) is 13.0 Å². The van der Waals surface area contributed by atoms with E-state index in [-0.39, 0.29) is 12.6 Å². The van der Waals surface area contributed by atoms with E-state index in [1.54, 1.807) is 0 Å². The third-order valence-corrected chi connectivity index (χ3v) is 4.62. The van der Waals surface area contributed by atoms with Gasteiger partial charge in [0.2, 0.25) is 0 Å². The third-order valence-electron chi connectivity index (χ3n) is 4.23. The van der Waals surface area contributed by atoms with E-state index in [2.05, 4.69) is 6.92 Å². The molecule has 0 aromatic rings. The lowest BCUT2D eigenvalue weighted by molar-refractivity contribution is -0.0871. The van der Waals surface area contributed by atoms with Gasteiger partial charge in [0.15, 0.2) is 0 Å². The number of aliphatic hydroxyl groups excluding tert-OH is 3. The number of halogens is 1. The van der Waals surface area contributed by atoms with Crippen molar-refractivity contribution in [1.29, 1.82) is 0 Å². The maximum absolute atomic E-state index is 9.94. The van der Waals surface area contributed by atoms with Gasteiger partial charge in [0.25, 0.3) is 0 Å². The first-order valence-electron chi connectivity index (χ1n) is 7.97. The van der Waals surface area contributed by atoms with Crippen molar-refractivity contribution in [2.24, 2.45) is 0 Å². The fourth-order valence-corrected chi connectivity index (χ4v) is 3.20. The summed E-state index contributed by atoms with van der Waals surface area (Å²) < 4.78 is 0. The monoisotopic (exact) mass is 307 g/mol. The topological polar surface area (TPSA) is 63.9 Å². The molecule has 5 heteroatoms. The van der Waals surface area contributed by atoms with Crippen LogP contribution >= 0.6 is 11.6 Å². The van der Waals surface area contributed by atoms with Crippen LogP contribution in [0.1, 0.15) is 51.9 Å². The molecule has 0 spiro atoms. The highest BCUT2D eigenvalue weighted by atomic mass is 35.5. The van der Waals surface area contributed by atoms with Crippen LogP contribution in [0.3, 0.4) is 0 Å². The molecular formula is C15H30ClNO3. The lowest BCUT2D eigenvalue weighted by atomic mass is 9.95. The van der Waals surface area contributed by atoms with E-state index in [1.807, 2.05) is 4.90 Å². The molecule has 3 N–H and O–H groups in total. The Labute approximate surface area is 127 Å². The van der Waals surface area contributed by atoms with Gasteiger partial charge >= 0.3 is 0 Å². The highest BCUT2D eigenvalue weighted by Gasteiger charge is 2.40. The third kappa shape index (κ3) is 5.49. The summed E-state index contributed by atoms with van der Waals surface area (Å²) in [5, 5.41) is 28.6. The van der Waals surface area contributed by atoms with Crippen molar-refractivity contribution in [1.82, 2.24) is 4.90 Å². The number of nitrogens with zero attached hydrogens (tertiary/aromatic N) is 1. The molecule has 4 nitrogen and oxygen atoms in total. The lowest BCUT2D eigenvalue weighted by Crippen LogP contribution is -2.61. The van der Waals surface area contributed by atoms with Gasteiger partial charge < -0.3 is 15.3 Å². The van der Waals surface area contributed by atoms with Gasteiger partial charge in [-0.25, -0.2) is 0 Å². The van der Waals surface area contributed by atoms with E-state index in [9.17, 15) is 15.3 Å². The molecule has 0 radical (unpaired) electrons. The molecule has 1 aliphatic heterocycles. The van der Waals surface area contributed by atoms with Crippen LogP contribution in [0.15, 0.2) is 0 Å².